The lowest BCUT2D eigenvalue weighted by Gasteiger charge is -2.26. The SMILES string of the molecule is Cl.O=C(NC1(c2ccccc2F)CC1)C1CNCCO1. The summed E-state index contributed by atoms with van der Waals surface area (Å²) >= 11 is 0. The molecule has 2 N–H and O–H groups in total. The maximum Gasteiger partial charge on any atom is 0.251 e. The molecule has 1 aromatic rings. The highest BCUT2D eigenvalue weighted by atomic mass is 35.5. The summed E-state index contributed by atoms with van der Waals surface area (Å²) in [6.07, 6.45) is 1.08. The van der Waals surface area contributed by atoms with E-state index in [1.54, 1.807) is 18.2 Å². The van der Waals surface area contributed by atoms with E-state index in [-0.39, 0.29) is 24.1 Å². The zero-order chi connectivity index (χ0) is 13.3. The third-order valence-electron chi connectivity index (χ3n) is 3.72. The van der Waals surface area contributed by atoms with Crippen molar-refractivity contribution in [2.75, 3.05) is 19.7 Å². The average molecular weight is 301 g/mol. The fourth-order valence-corrected chi connectivity index (χ4v) is 2.49. The van der Waals surface area contributed by atoms with Crippen LogP contribution in [-0.4, -0.2) is 31.7 Å². The molecule has 6 heteroatoms. The van der Waals surface area contributed by atoms with Gasteiger partial charge in [-0.3, -0.25) is 4.79 Å². The molecule has 1 atom stereocenters. The summed E-state index contributed by atoms with van der Waals surface area (Å²) in [5.74, 6) is -0.420. The fraction of sp³-hybridized carbons (Fsp3) is 0.500. The van der Waals surface area contributed by atoms with Crippen LogP contribution in [0.2, 0.25) is 0 Å². The molecule has 1 aliphatic carbocycles. The maximum atomic E-state index is 13.8. The third kappa shape index (κ3) is 2.95. The average Bonchev–Trinajstić information content (AvgIpc) is 3.21. The smallest absolute Gasteiger partial charge is 0.251 e. The van der Waals surface area contributed by atoms with Gasteiger partial charge in [0, 0.05) is 18.7 Å². The highest BCUT2D eigenvalue weighted by molar-refractivity contribution is 5.85. The van der Waals surface area contributed by atoms with Crippen LogP contribution in [0.15, 0.2) is 24.3 Å². The van der Waals surface area contributed by atoms with E-state index in [1.165, 1.54) is 6.07 Å². The molecule has 2 fully saturated rings. The Morgan fingerprint density at radius 2 is 2.15 bits per heavy atom. The molecule has 20 heavy (non-hydrogen) atoms. The quantitative estimate of drug-likeness (QED) is 0.886. The highest BCUT2D eigenvalue weighted by Gasteiger charge is 2.48. The minimum absolute atomic E-state index is 0. The molecule has 1 aliphatic heterocycles. The second kappa shape index (κ2) is 6.08. The van der Waals surface area contributed by atoms with Crippen molar-refractivity contribution in [2.45, 2.75) is 24.5 Å². The van der Waals surface area contributed by atoms with Crippen molar-refractivity contribution >= 4 is 18.3 Å². The summed E-state index contributed by atoms with van der Waals surface area (Å²) in [6.45, 7) is 1.81. The van der Waals surface area contributed by atoms with Crippen LogP contribution in [0.5, 0.6) is 0 Å². The van der Waals surface area contributed by atoms with Gasteiger partial charge < -0.3 is 15.4 Å². The van der Waals surface area contributed by atoms with Crippen LogP contribution < -0.4 is 10.6 Å². The second-order valence-electron chi connectivity index (χ2n) is 5.11. The van der Waals surface area contributed by atoms with Gasteiger partial charge in [-0.2, -0.15) is 0 Å². The van der Waals surface area contributed by atoms with Crippen LogP contribution in [0, 0.1) is 5.82 Å². The number of benzene rings is 1. The Kier molecular flexibility index (Phi) is 4.62. The van der Waals surface area contributed by atoms with Crippen molar-refractivity contribution in [1.82, 2.24) is 10.6 Å². The minimum atomic E-state index is -0.525. The van der Waals surface area contributed by atoms with Gasteiger partial charge in [-0.15, -0.1) is 12.4 Å². The van der Waals surface area contributed by atoms with Crippen molar-refractivity contribution < 1.29 is 13.9 Å². The normalized spacial score (nSPS) is 23.6. The molecular weight excluding hydrogens is 283 g/mol. The third-order valence-corrected chi connectivity index (χ3v) is 3.72. The molecule has 1 aromatic carbocycles. The largest absolute Gasteiger partial charge is 0.366 e. The number of carbonyl (C=O) groups is 1. The van der Waals surface area contributed by atoms with Gasteiger partial charge in [0.15, 0.2) is 0 Å². The number of morpholine rings is 1. The van der Waals surface area contributed by atoms with Crippen molar-refractivity contribution in [3.8, 4) is 0 Å². The lowest BCUT2D eigenvalue weighted by Crippen LogP contribution is -2.50. The second-order valence-corrected chi connectivity index (χ2v) is 5.11. The first-order valence-corrected chi connectivity index (χ1v) is 6.61. The maximum absolute atomic E-state index is 13.8. The first-order chi connectivity index (χ1) is 9.21. The lowest BCUT2D eigenvalue weighted by atomic mass is 10.0. The fourth-order valence-electron chi connectivity index (χ4n) is 2.49. The Hall–Kier alpha value is -1.17. The number of ether oxygens (including phenoxy) is 1. The van der Waals surface area contributed by atoms with Crippen molar-refractivity contribution in [2.24, 2.45) is 0 Å². The summed E-state index contributed by atoms with van der Waals surface area (Å²) in [4.78, 5) is 12.1. The number of hydrogen-bond acceptors (Lipinski definition) is 3. The molecule has 0 radical (unpaired) electrons. The van der Waals surface area contributed by atoms with Crippen LogP contribution >= 0.6 is 12.4 Å². The molecule has 4 nitrogen and oxygen atoms in total. The Balaban J connectivity index is 0.00000147. The lowest BCUT2D eigenvalue weighted by molar-refractivity contribution is -0.135. The van der Waals surface area contributed by atoms with Gasteiger partial charge in [0.2, 0.25) is 0 Å². The molecule has 1 amide bonds. The van der Waals surface area contributed by atoms with Crippen LogP contribution in [0.25, 0.3) is 0 Å². The van der Waals surface area contributed by atoms with E-state index in [4.69, 9.17) is 4.74 Å². The van der Waals surface area contributed by atoms with Crippen LogP contribution in [0.4, 0.5) is 4.39 Å². The van der Waals surface area contributed by atoms with E-state index in [0.29, 0.717) is 18.7 Å². The molecule has 3 rings (SSSR count). The topological polar surface area (TPSA) is 50.4 Å². The van der Waals surface area contributed by atoms with Crippen LogP contribution in [0.3, 0.4) is 0 Å². The van der Waals surface area contributed by atoms with E-state index >= 15 is 0 Å². The molecule has 0 aromatic heterocycles. The highest BCUT2D eigenvalue weighted by Crippen LogP contribution is 2.46. The summed E-state index contributed by atoms with van der Waals surface area (Å²) in [5, 5.41) is 6.06. The molecule has 1 unspecified atom stereocenters. The monoisotopic (exact) mass is 300 g/mol. The predicted octanol–water partition coefficient (Wildman–Crippen LogP) is 1.34. The zero-order valence-corrected chi connectivity index (χ0v) is 11.8. The van der Waals surface area contributed by atoms with Gasteiger partial charge in [-0.05, 0) is 18.9 Å². The first-order valence-electron chi connectivity index (χ1n) is 6.61. The van der Waals surface area contributed by atoms with Gasteiger partial charge in [0.05, 0.1) is 12.1 Å². The Labute approximate surface area is 123 Å². The summed E-state index contributed by atoms with van der Waals surface area (Å²) in [5.41, 5.74) is 0.0515. The number of amides is 1. The van der Waals surface area contributed by atoms with Gasteiger partial charge in [-0.1, -0.05) is 18.2 Å². The van der Waals surface area contributed by atoms with Gasteiger partial charge in [0.1, 0.15) is 11.9 Å². The van der Waals surface area contributed by atoms with Gasteiger partial charge in [0.25, 0.3) is 5.91 Å². The molecule has 1 saturated heterocycles. The summed E-state index contributed by atoms with van der Waals surface area (Å²) in [7, 11) is 0. The van der Waals surface area contributed by atoms with Gasteiger partial charge >= 0.3 is 0 Å². The Morgan fingerprint density at radius 1 is 1.40 bits per heavy atom. The van der Waals surface area contributed by atoms with E-state index in [2.05, 4.69) is 10.6 Å². The number of rotatable bonds is 3. The number of nitrogens with one attached hydrogen (secondary N) is 2. The van der Waals surface area contributed by atoms with Crippen LogP contribution in [0.1, 0.15) is 18.4 Å². The number of halogens is 2. The standard InChI is InChI=1S/C14H17FN2O2.ClH/c15-11-4-2-1-3-10(11)14(5-6-14)17-13(18)12-9-16-7-8-19-12;/h1-4,12,16H,5-9H2,(H,17,18);1H. The Bertz CT molecular complexity index is 488. The number of carbonyl (C=O) groups excluding carboxylic acids is 1. The molecule has 1 saturated carbocycles. The minimum Gasteiger partial charge on any atom is -0.366 e. The van der Waals surface area contributed by atoms with E-state index < -0.39 is 11.6 Å². The zero-order valence-electron chi connectivity index (χ0n) is 11.0. The van der Waals surface area contributed by atoms with Crippen molar-refractivity contribution in [3.63, 3.8) is 0 Å². The van der Waals surface area contributed by atoms with Gasteiger partial charge in [-0.25, -0.2) is 4.39 Å². The van der Waals surface area contributed by atoms with E-state index in [9.17, 15) is 9.18 Å². The van der Waals surface area contributed by atoms with E-state index in [0.717, 1.165) is 19.4 Å². The molecule has 1 heterocycles. The molecule has 110 valence electrons. The summed E-state index contributed by atoms with van der Waals surface area (Å²) < 4.78 is 19.2. The molecule has 2 aliphatic rings. The molecule has 0 spiro atoms. The van der Waals surface area contributed by atoms with Crippen molar-refractivity contribution in [3.05, 3.63) is 35.6 Å². The summed E-state index contributed by atoms with van der Waals surface area (Å²) in [6, 6.07) is 6.62. The van der Waals surface area contributed by atoms with E-state index in [1.807, 2.05) is 0 Å². The molecular formula is C14H18ClFN2O2. The molecule has 0 bridgehead atoms. The first kappa shape index (κ1) is 15.2. The van der Waals surface area contributed by atoms with Crippen LogP contribution in [-0.2, 0) is 15.1 Å². The Morgan fingerprint density at radius 3 is 2.75 bits per heavy atom. The van der Waals surface area contributed by atoms with Crippen molar-refractivity contribution in [1.29, 1.82) is 0 Å². The number of hydrogen-bond donors (Lipinski definition) is 2. The predicted molar refractivity (Wildman–Crippen MR) is 75.3 cm³/mol.